The van der Waals surface area contributed by atoms with Gasteiger partial charge >= 0.3 is 0 Å². The minimum atomic E-state index is -0.224. The number of nitrogens with zero attached hydrogens (tertiary/aromatic N) is 6. The van der Waals surface area contributed by atoms with Crippen LogP contribution in [0.1, 0.15) is 40.8 Å². The molecule has 0 bridgehead atoms. The van der Waals surface area contributed by atoms with Gasteiger partial charge in [0.05, 0.1) is 45.3 Å². The zero-order valence-corrected chi connectivity index (χ0v) is 19.4. The van der Waals surface area contributed by atoms with Crippen LogP contribution in [0.4, 0.5) is 5.69 Å². The molecule has 5 aromatic heterocycles. The number of fused-ring (bicyclic) bond motifs is 2. The van der Waals surface area contributed by atoms with Crippen molar-refractivity contribution >= 4 is 45.0 Å². The Morgan fingerprint density at radius 3 is 2.62 bits per heavy atom. The first kappa shape index (κ1) is 20.3. The molecule has 9 heteroatoms. The van der Waals surface area contributed by atoms with Crippen molar-refractivity contribution in [3.05, 3.63) is 52.8 Å². The first-order valence-electron chi connectivity index (χ1n) is 10.4. The average Bonchev–Trinajstić information content (AvgIpc) is 3.45. The van der Waals surface area contributed by atoms with Gasteiger partial charge in [0.15, 0.2) is 11.3 Å². The summed E-state index contributed by atoms with van der Waals surface area (Å²) in [5.74, 6) is -0.224. The van der Waals surface area contributed by atoms with Gasteiger partial charge in [-0.05, 0) is 52.0 Å². The van der Waals surface area contributed by atoms with E-state index in [9.17, 15) is 4.79 Å². The van der Waals surface area contributed by atoms with Crippen LogP contribution in [0.5, 0.6) is 0 Å². The summed E-state index contributed by atoms with van der Waals surface area (Å²) in [6, 6.07) is 7.96. The number of anilines is 1. The van der Waals surface area contributed by atoms with Crippen LogP contribution >= 0.6 is 11.3 Å². The topological polar surface area (TPSA) is 90.5 Å². The Morgan fingerprint density at radius 2 is 1.91 bits per heavy atom. The van der Waals surface area contributed by atoms with Crippen molar-refractivity contribution < 1.29 is 4.79 Å². The summed E-state index contributed by atoms with van der Waals surface area (Å²) >= 11 is 1.65. The van der Waals surface area contributed by atoms with E-state index >= 15 is 0 Å². The number of aromatic nitrogens is 6. The first-order valence-corrected chi connectivity index (χ1v) is 11.2. The highest BCUT2D eigenvalue weighted by Gasteiger charge is 2.20. The number of hydrogen-bond acceptors (Lipinski definition) is 6. The molecule has 0 aliphatic heterocycles. The molecule has 0 aliphatic rings. The number of thiophene rings is 1. The van der Waals surface area contributed by atoms with E-state index in [4.69, 9.17) is 4.98 Å². The molecule has 8 nitrogen and oxygen atoms in total. The number of nitrogens with one attached hydrogen (secondary N) is 1. The Bertz CT molecular complexity index is 1490. The molecule has 0 aromatic carbocycles. The van der Waals surface area contributed by atoms with Crippen molar-refractivity contribution in [2.24, 2.45) is 7.05 Å². The van der Waals surface area contributed by atoms with E-state index in [1.54, 1.807) is 28.4 Å². The Kier molecular flexibility index (Phi) is 4.78. The lowest BCUT2D eigenvalue weighted by atomic mass is 10.1. The summed E-state index contributed by atoms with van der Waals surface area (Å²) in [6.07, 6.45) is 3.37. The maximum absolute atomic E-state index is 13.4. The van der Waals surface area contributed by atoms with E-state index in [1.807, 2.05) is 50.7 Å². The average molecular weight is 446 g/mol. The summed E-state index contributed by atoms with van der Waals surface area (Å²) < 4.78 is 3.58. The Balaban J connectivity index is 1.60. The van der Waals surface area contributed by atoms with E-state index in [1.165, 1.54) is 4.88 Å². The highest BCUT2D eigenvalue weighted by atomic mass is 32.1. The first-order chi connectivity index (χ1) is 15.3. The van der Waals surface area contributed by atoms with Crippen LogP contribution in [0, 0.1) is 13.8 Å². The molecular formula is C23H23N7OS. The normalized spacial score (nSPS) is 11.7. The number of pyridine rings is 2. The Morgan fingerprint density at radius 1 is 1.09 bits per heavy atom. The number of aryl methyl sites for hydroxylation is 3. The van der Waals surface area contributed by atoms with Gasteiger partial charge in [-0.25, -0.2) is 14.6 Å². The second-order valence-corrected chi connectivity index (χ2v) is 9.43. The van der Waals surface area contributed by atoms with E-state index in [0.717, 1.165) is 32.7 Å². The molecule has 0 fully saturated rings. The number of rotatable bonds is 4. The summed E-state index contributed by atoms with van der Waals surface area (Å²) in [5.41, 5.74) is 4.26. The van der Waals surface area contributed by atoms with E-state index in [-0.39, 0.29) is 11.9 Å². The van der Waals surface area contributed by atoms with Gasteiger partial charge in [0.2, 0.25) is 0 Å². The number of carbonyl (C=O) groups is 1. The molecule has 5 rings (SSSR count). The van der Waals surface area contributed by atoms with Crippen LogP contribution in [-0.4, -0.2) is 35.4 Å². The summed E-state index contributed by atoms with van der Waals surface area (Å²) in [4.78, 5) is 24.9. The molecule has 5 aromatic rings. The van der Waals surface area contributed by atoms with Gasteiger partial charge in [-0.2, -0.15) is 10.2 Å². The van der Waals surface area contributed by atoms with Crippen molar-refractivity contribution in [2.45, 2.75) is 33.7 Å². The van der Waals surface area contributed by atoms with Crippen molar-refractivity contribution in [1.29, 1.82) is 0 Å². The predicted octanol–water partition coefficient (Wildman–Crippen LogP) is 4.89. The molecule has 1 amide bonds. The molecular weight excluding hydrogens is 422 g/mol. The largest absolute Gasteiger partial charge is 0.321 e. The van der Waals surface area contributed by atoms with Crippen LogP contribution in [0.25, 0.3) is 32.6 Å². The lowest BCUT2D eigenvalue weighted by Crippen LogP contribution is -2.13. The van der Waals surface area contributed by atoms with Crippen molar-refractivity contribution in [1.82, 2.24) is 29.5 Å². The van der Waals surface area contributed by atoms with Crippen LogP contribution in [0.3, 0.4) is 0 Å². The van der Waals surface area contributed by atoms with Crippen molar-refractivity contribution in [3.63, 3.8) is 0 Å². The van der Waals surface area contributed by atoms with Gasteiger partial charge in [0, 0.05) is 23.4 Å². The Hall–Kier alpha value is -3.59. The minimum absolute atomic E-state index is 0.122. The third-order valence-electron chi connectivity index (χ3n) is 5.41. The summed E-state index contributed by atoms with van der Waals surface area (Å²) in [7, 11) is 1.86. The number of amides is 1. The third kappa shape index (κ3) is 3.34. The second kappa shape index (κ2) is 7.52. The summed E-state index contributed by atoms with van der Waals surface area (Å²) in [5, 5.41) is 13.5. The number of carbonyl (C=O) groups excluding carboxylic acids is 1. The molecule has 0 radical (unpaired) electrons. The van der Waals surface area contributed by atoms with Crippen LogP contribution in [-0.2, 0) is 7.05 Å². The lowest BCUT2D eigenvalue weighted by Gasteiger charge is -2.10. The quantitative estimate of drug-likeness (QED) is 0.425. The van der Waals surface area contributed by atoms with Gasteiger partial charge in [0.25, 0.3) is 5.91 Å². The molecule has 0 atom stereocenters. The Labute approximate surface area is 188 Å². The standard InChI is InChI=1S/C23H23N7OS/c1-12(2)30-22-18(11-25-30)17(9-19(27-22)20-7-6-13(3)32-20)23(31)26-15-8-16-14(4)28-29(5)21(16)24-10-15/h6-12H,1-5H3,(H,26,31). The fourth-order valence-corrected chi connectivity index (χ4v) is 4.69. The minimum Gasteiger partial charge on any atom is -0.321 e. The molecule has 1 N–H and O–H groups in total. The molecule has 32 heavy (non-hydrogen) atoms. The van der Waals surface area contributed by atoms with Crippen LogP contribution in [0.2, 0.25) is 0 Å². The van der Waals surface area contributed by atoms with Gasteiger partial charge in [0.1, 0.15) is 0 Å². The van der Waals surface area contributed by atoms with Gasteiger partial charge in [-0.3, -0.25) is 9.48 Å². The highest BCUT2D eigenvalue weighted by molar-refractivity contribution is 7.15. The van der Waals surface area contributed by atoms with Crippen LogP contribution in [0.15, 0.2) is 36.7 Å². The second-order valence-electron chi connectivity index (χ2n) is 8.14. The zero-order chi connectivity index (χ0) is 22.6. The fraction of sp³-hybridized carbons (Fsp3) is 0.261. The van der Waals surface area contributed by atoms with Gasteiger partial charge in [-0.1, -0.05) is 0 Å². The predicted molar refractivity (Wildman–Crippen MR) is 127 cm³/mol. The molecule has 0 saturated carbocycles. The van der Waals surface area contributed by atoms with E-state index < -0.39 is 0 Å². The fourth-order valence-electron chi connectivity index (χ4n) is 3.86. The maximum Gasteiger partial charge on any atom is 0.256 e. The van der Waals surface area contributed by atoms with Gasteiger partial charge in [-0.15, -0.1) is 11.3 Å². The lowest BCUT2D eigenvalue weighted by molar-refractivity contribution is 0.102. The highest BCUT2D eigenvalue weighted by Crippen LogP contribution is 2.31. The smallest absolute Gasteiger partial charge is 0.256 e. The maximum atomic E-state index is 13.4. The molecule has 5 heterocycles. The van der Waals surface area contributed by atoms with E-state index in [0.29, 0.717) is 16.9 Å². The van der Waals surface area contributed by atoms with Gasteiger partial charge < -0.3 is 5.32 Å². The molecule has 162 valence electrons. The number of hydrogen-bond donors (Lipinski definition) is 1. The summed E-state index contributed by atoms with van der Waals surface area (Å²) in [6.45, 7) is 8.08. The molecule has 0 unspecified atom stereocenters. The SMILES string of the molecule is Cc1ccc(-c2cc(C(=O)Nc3cnc4c(c3)c(C)nn4C)c3cnn(C(C)C)c3n2)s1. The molecule has 0 aliphatic carbocycles. The zero-order valence-electron chi connectivity index (χ0n) is 18.5. The van der Waals surface area contributed by atoms with Crippen molar-refractivity contribution in [2.75, 3.05) is 5.32 Å². The molecule has 0 saturated heterocycles. The third-order valence-corrected chi connectivity index (χ3v) is 6.44. The van der Waals surface area contributed by atoms with Crippen LogP contribution < -0.4 is 5.32 Å². The van der Waals surface area contributed by atoms with E-state index in [2.05, 4.69) is 33.5 Å². The monoisotopic (exact) mass is 445 g/mol. The van der Waals surface area contributed by atoms with Crippen molar-refractivity contribution in [3.8, 4) is 10.6 Å². The molecule has 0 spiro atoms.